The van der Waals surface area contributed by atoms with E-state index in [9.17, 15) is 4.79 Å². The van der Waals surface area contributed by atoms with E-state index in [1.807, 2.05) is 11.9 Å². The number of hydrogen-bond donors (Lipinski definition) is 1. The number of nitrogens with zero attached hydrogens (tertiary/aromatic N) is 3. The van der Waals surface area contributed by atoms with E-state index in [0.717, 1.165) is 22.3 Å². The number of aromatic nitrogens is 2. The van der Waals surface area contributed by atoms with E-state index >= 15 is 0 Å². The van der Waals surface area contributed by atoms with E-state index in [1.54, 1.807) is 0 Å². The standard InChI is InChI=1S/C12H20N4OS2/c1-8-5-4-6-9(2)16(8)10(17)7-18-12-15-14-11(13-3)19-12/h8-9H,4-7H2,1-3H3,(H,13,14)/t8-,9-/m1/s1. The molecule has 2 heterocycles. The summed E-state index contributed by atoms with van der Waals surface area (Å²) in [4.78, 5) is 14.4. The van der Waals surface area contributed by atoms with Crippen LogP contribution in [0.5, 0.6) is 0 Å². The lowest BCUT2D eigenvalue weighted by Gasteiger charge is -2.39. The normalized spacial score (nSPS) is 23.4. The van der Waals surface area contributed by atoms with Crippen molar-refractivity contribution in [3.05, 3.63) is 0 Å². The molecule has 1 fully saturated rings. The van der Waals surface area contributed by atoms with E-state index in [4.69, 9.17) is 0 Å². The minimum absolute atomic E-state index is 0.214. The first-order valence-corrected chi connectivity index (χ1v) is 8.37. The van der Waals surface area contributed by atoms with Crippen molar-refractivity contribution in [3.63, 3.8) is 0 Å². The summed E-state index contributed by atoms with van der Waals surface area (Å²) < 4.78 is 0.843. The van der Waals surface area contributed by atoms with Crippen molar-refractivity contribution < 1.29 is 4.79 Å². The summed E-state index contributed by atoms with van der Waals surface area (Å²) >= 11 is 2.96. The first kappa shape index (κ1) is 14.6. The van der Waals surface area contributed by atoms with Crippen LogP contribution in [0.25, 0.3) is 0 Å². The van der Waals surface area contributed by atoms with Gasteiger partial charge in [-0.25, -0.2) is 0 Å². The van der Waals surface area contributed by atoms with Gasteiger partial charge in [-0.1, -0.05) is 23.1 Å². The maximum atomic E-state index is 12.3. The first-order valence-electron chi connectivity index (χ1n) is 6.57. The molecule has 1 aliphatic heterocycles. The zero-order valence-corrected chi connectivity index (χ0v) is 13.2. The largest absolute Gasteiger partial charge is 0.363 e. The van der Waals surface area contributed by atoms with Gasteiger partial charge in [0.05, 0.1) is 5.75 Å². The molecule has 1 aromatic heterocycles. The van der Waals surface area contributed by atoms with Gasteiger partial charge in [0.2, 0.25) is 11.0 Å². The van der Waals surface area contributed by atoms with Crippen molar-refractivity contribution in [2.24, 2.45) is 0 Å². The Hall–Kier alpha value is -0.820. The van der Waals surface area contributed by atoms with Crippen LogP contribution in [-0.2, 0) is 4.79 Å². The lowest BCUT2D eigenvalue weighted by Crippen LogP contribution is -2.48. The Bertz CT molecular complexity index is 427. The Morgan fingerprint density at radius 3 is 2.68 bits per heavy atom. The van der Waals surface area contributed by atoms with Crippen molar-refractivity contribution in [1.29, 1.82) is 0 Å². The molecule has 106 valence electrons. The molecule has 0 bridgehead atoms. The van der Waals surface area contributed by atoms with Gasteiger partial charge in [0, 0.05) is 19.1 Å². The maximum absolute atomic E-state index is 12.3. The summed E-state index contributed by atoms with van der Waals surface area (Å²) in [5.41, 5.74) is 0. The smallest absolute Gasteiger partial charge is 0.233 e. The van der Waals surface area contributed by atoms with Gasteiger partial charge in [-0.05, 0) is 33.1 Å². The fourth-order valence-corrected chi connectivity index (χ4v) is 4.05. The van der Waals surface area contributed by atoms with E-state index < -0.39 is 0 Å². The van der Waals surface area contributed by atoms with Crippen LogP contribution < -0.4 is 5.32 Å². The molecule has 0 aromatic carbocycles. The predicted molar refractivity (Wildman–Crippen MR) is 79.8 cm³/mol. The third-order valence-electron chi connectivity index (χ3n) is 3.42. The van der Waals surface area contributed by atoms with Gasteiger partial charge >= 0.3 is 0 Å². The molecule has 19 heavy (non-hydrogen) atoms. The topological polar surface area (TPSA) is 58.1 Å². The van der Waals surface area contributed by atoms with Crippen LogP contribution in [0.4, 0.5) is 5.13 Å². The highest BCUT2D eigenvalue weighted by molar-refractivity contribution is 8.01. The number of anilines is 1. The second kappa shape index (κ2) is 6.56. The second-order valence-electron chi connectivity index (χ2n) is 4.84. The molecule has 0 aliphatic carbocycles. The molecular weight excluding hydrogens is 280 g/mol. The third kappa shape index (κ3) is 3.60. The molecule has 2 rings (SSSR count). The molecule has 7 heteroatoms. The molecule has 0 radical (unpaired) electrons. The minimum atomic E-state index is 0.214. The van der Waals surface area contributed by atoms with Gasteiger partial charge in [-0.2, -0.15) is 0 Å². The fourth-order valence-electron chi connectivity index (χ4n) is 2.48. The average Bonchev–Trinajstić information content (AvgIpc) is 2.84. The van der Waals surface area contributed by atoms with Crippen LogP contribution in [-0.4, -0.2) is 45.9 Å². The Morgan fingerprint density at radius 2 is 2.11 bits per heavy atom. The summed E-state index contributed by atoms with van der Waals surface area (Å²) in [6, 6.07) is 0.721. The van der Waals surface area contributed by atoms with Crippen molar-refractivity contribution in [1.82, 2.24) is 15.1 Å². The summed E-state index contributed by atoms with van der Waals surface area (Å²) in [7, 11) is 1.82. The summed E-state index contributed by atoms with van der Waals surface area (Å²) in [6.07, 6.45) is 3.45. The van der Waals surface area contributed by atoms with Gasteiger partial charge in [0.15, 0.2) is 4.34 Å². The lowest BCUT2D eigenvalue weighted by molar-refractivity contribution is -0.134. The van der Waals surface area contributed by atoms with Gasteiger partial charge in [-0.15, -0.1) is 10.2 Å². The highest BCUT2D eigenvalue weighted by Gasteiger charge is 2.28. The van der Waals surface area contributed by atoms with Crippen LogP contribution in [0.3, 0.4) is 0 Å². The molecule has 5 nitrogen and oxygen atoms in total. The Kier molecular flexibility index (Phi) is 5.04. The Labute approximate surface area is 122 Å². The van der Waals surface area contributed by atoms with Crippen molar-refractivity contribution >= 4 is 34.1 Å². The summed E-state index contributed by atoms with van der Waals surface area (Å²) in [5, 5.41) is 11.7. The van der Waals surface area contributed by atoms with Crippen molar-refractivity contribution in [2.45, 2.75) is 49.5 Å². The van der Waals surface area contributed by atoms with E-state index in [0.29, 0.717) is 17.8 Å². The van der Waals surface area contributed by atoms with Crippen LogP contribution in [0.15, 0.2) is 4.34 Å². The quantitative estimate of drug-likeness (QED) is 0.866. The lowest BCUT2D eigenvalue weighted by atomic mass is 9.98. The fraction of sp³-hybridized carbons (Fsp3) is 0.750. The Morgan fingerprint density at radius 1 is 1.42 bits per heavy atom. The highest BCUT2D eigenvalue weighted by Crippen LogP contribution is 2.27. The van der Waals surface area contributed by atoms with E-state index in [-0.39, 0.29) is 5.91 Å². The predicted octanol–water partition coefficient (Wildman–Crippen LogP) is 2.46. The molecule has 1 aromatic rings. The van der Waals surface area contributed by atoms with Crippen LogP contribution in [0.2, 0.25) is 0 Å². The highest BCUT2D eigenvalue weighted by atomic mass is 32.2. The molecule has 1 aliphatic rings. The molecule has 1 saturated heterocycles. The number of thioether (sulfide) groups is 1. The molecule has 0 spiro atoms. The molecule has 1 amide bonds. The number of amides is 1. The van der Waals surface area contributed by atoms with E-state index in [1.165, 1.54) is 29.5 Å². The van der Waals surface area contributed by atoms with Crippen molar-refractivity contribution in [2.75, 3.05) is 18.1 Å². The minimum Gasteiger partial charge on any atom is -0.363 e. The third-order valence-corrected chi connectivity index (χ3v) is 5.48. The monoisotopic (exact) mass is 300 g/mol. The van der Waals surface area contributed by atoms with E-state index in [2.05, 4.69) is 29.4 Å². The first-order chi connectivity index (χ1) is 9.11. The zero-order chi connectivity index (χ0) is 13.8. The van der Waals surface area contributed by atoms with Crippen LogP contribution in [0.1, 0.15) is 33.1 Å². The molecule has 0 unspecified atom stereocenters. The van der Waals surface area contributed by atoms with Gasteiger partial charge in [0.1, 0.15) is 0 Å². The number of nitrogens with one attached hydrogen (secondary N) is 1. The van der Waals surface area contributed by atoms with Crippen LogP contribution >= 0.6 is 23.1 Å². The summed E-state index contributed by atoms with van der Waals surface area (Å²) in [5.74, 6) is 0.665. The number of piperidine rings is 1. The summed E-state index contributed by atoms with van der Waals surface area (Å²) in [6.45, 7) is 4.28. The molecule has 0 saturated carbocycles. The second-order valence-corrected chi connectivity index (χ2v) is 7.04. The van der Waals surface area contributed by atoms with Crippen LogP contribution in [0, 0.1) is 0 Å². The Balaban J connectivity index is 1.89. The number of rotatable bonds is 4. The molecule has 2 atom stereocenters. The average molecular weight is 300 g/mol. The number of carbonyl (C=O) groups is 1. The maximum Gasteiger partial charge on any atom is 0.233 e. The van der Waals surface area contributed by atoms with Gasteiger partial charge in [0.25, 0.3) is 0 Å². The van der Waals surface area contributed by atoms with Crippen molar-refractivity contribution in [3.8, 4) is 0 Å². The van der Waals surface area contributed by atoms with Gasteiger partial charge in [-0.3, -0.25) is 4.79 Å². The zero-order valence-electron chi connectivity index (χ0n) is 11.5. The number of carbonyl (C=O) groups excluding carboxylic acids is 1. The number of hydrogen-bond acceptors (Lipinski definition) is 6. The molecular formula is C12H20N4OS2. The SMILES string of the molecule is CNc1nnc(SCC(=O)N2[C@H](C)CCC[C@H]2C)s1. The van der Waals surface area contributed by atoms with Gasteiger partial charge < -0.3 is 10.2 Å². The number of likely N-dealkylation sites (tertiary alicyclic amines) is 1. The molecule has 1 N–H and O–H groups in total.